The SMILES string of the molecule is CCc1cccc(C)c1NC(=O)C(CC)OC(=O)c1c2c(nc3ccccc13)CCN(C)C2. The van der Waals surface area contributed by atoms with Crippen LogP contribution in [0.15, 0.2) is 42.5 Å². The molecule has 0 bridgehead atoms. The summed E-state index contributed by atoms with van der Waals surface area (Å²) in [6.45, 7) is 7.39. The number of hydrogen-bond donors (Lipinski definition) is 1. The lowest BCUT2D eigenvalue weighted by Crippen LogP contribution is -2.34. The molecular formula is C27H31N3O3. The summed E-state index contributed by atoms with van der Waals surface area (Å²) in [5, 5.41) is 3.77. The van der Waals surface area contributed by atoms with Gasteiger partial charge in [0, 0.05) is 41.8 Å². The van der Waals surface area contributed by atoms with Crippen molar-refractivity contribution in [3.63, 3.8) is 0 Å². The Morgan fingerprint density at radius 1 is 1.15 bits per heavy atom. The smallest absolute Gasteiger partial charge is 0.340 e. The Kier molecular flexibility index (Phi) is 6.75. The van der Waals surface area contributed by atoms with Crippen molar-refractivity contribution in [2.45, 2.75) is 52.7 Å². The number of esters is 1. The molecule has 1 aromatic heterocycles. The molecule has 1 aliphatic heterocycles. The minimum Gasteiger partial charge on any atom is -0.449 e. The average Bonchev–Trinajstić information content (AvgIpc) is 2.82. The zero-order valence-corrected chi connectivity index (χ0v) is 19.8. The number of ether oxygens (including phenoxy) is 1. The number of likely N-dealkylation sites (N-methyl/N-ethyl adjacent to an activating group) is 1. The highest BCUT2D eigenvalue weighted by Crippen LogP contribution is 2.29. The molecule has 0 saturated carbocycles. The third-order valence-electron chi connectivity index (χ3n) is 6.34. The summed E-state index contributed by atoms with van der Waals surface area (Å²) in [5.41, 5.74) is 5.98. The fraction of sp³-hybridized carbons (Fsp3) is 0.370. The summed E-state index contributed by atoms with van der Waals surface area (Å²) in [4.78, 5) is 33.6. The first-order valence-electron chi connectivity index (χ1n) is 11.6. The van der Waals surface area contributed by atoms with Gasteiger partial charge in [-0.3, -0.25) is 9.78 Å². The standard InChI is InChI=1S/C27H31N3O3/c1-5-18-11-9-10-17(3)25(18)29-26(31)23(6-2)33-27(32)24-19-12-7-8-13-21(19)28-22-14-15-30(4)16-20(22)24/h7-13,23H,5-6,14-16H2,1-4H3,(H,29,31). The van der Waals surface area contributed by atoms with Crippen molar-refractivity contribution in [1.82, 2.24) is 9.88 Å². The second-order valence-corrected chi connectivity index (χ2v) is 8.67. The van der Waals surface area contributed by atoms with E-state index >= 15 is 0 Å². The van der Waals surface area contributed by atoms with Gasteiger partial charge >= 0.3 is 5.97 Å². The molecule has 0 spiro atoms. The van der Waals surface area contributed by atoms with Gasteiger partial charge in [0.1, 0.15) is 0 Å². The van der Waals surface area contributed by atoms with E-state index in [4.69, 9.17) is 9.72 Å². The quantitative estimate of drug-likeness (QED) is 0.559. The van der Waals surface area contributed by atoms with Gasteiger partial charge in [-0.2, -0.15) is 0 Å². The Morgan fingerprint density at radius 3 is 2.70 bits per heavy atom. The lowest BCUT2D eigenvalue weighted by atomic mass is 9.96. The Balaban J connectivity index is 1.65. The van der Waals surface area contributed by atoms with Crippen LogP contribution < -0.4 is 5.32 Å². The minimum atomic E-state index is -0.884. The fourth-order valence-corrected chi connectivity index (χ4v) is 4.47. The fourth-order valence-electron chi connectivity index (χ4n) is 4.47. The molecule has 1 N–H and O–H groups in total. The molecule has 1 aliphatic rings. The van der Waals surface area contributed by atoms with Crippen LogP contribution in [0.2, 0.25) is 0 Å². The van der Waals surface area contributed by atoms with Gasteiger partial charge < -0.3 is 15.0 Å². The van der Waals surface area contributed by atoms with Gasteiger partial charge in [0.15, 0.2) is 6.10 Å². The third kappa shape index (κ3) is 4.62. The number of carbonyl (C=O) groups excluding carboxylic acids is 2. The number of benzene rings is 2. The molecule has 2 heterocycles. The molecule has 0 aliphatic carbocycles. The van der Waals surface area contributed by atoms with Crippen LogP contribution in [0.25, 0.3) is 10.9 Å². The van der Waals surface area contributed by atoms with Gasteiger partial charge in [0.25, 0.3) is 5.91 Å². The van der Waals surface area contributed by atoms with Crippen molar-refractivity contribution in [2.75, 3.05) is 18.9 Å². The van der Waals surface area contributed by atoms with Gasteiger partial charge in [-0.25, -0.2) is 4.79 Å². The van der Waals surface area contributed by atoms with Crippen molar-refractivity contribution in [2.24, 2.45) is 0 Å². The van der Waals surface area contributed by atoms with Crippen molar-refractivity contribution in [3.8, 4) is 0 Å². The highest BCUT2D eigenvalue weighted by Gasteiger charge is 2.29. The van der Waals surface area contributed by atoms with E-state index in [0.29, 0.717) is 18.5 Å². The van der Waals surface area contributed by atoms with E-state index in [1.807, 2.05) is 63.4 Å². The number of carbonyl (C=O) groups is 2. The number of nitrogens with one attached hydrogen (secondary N) is 1. The van der Waals surface area contributed by atoms with E-state index in [2.05, 4.69) is 17.1 Å². The van der Waals surface area contributed by atoms with Crippen LogP contribution in [0.3, 0.4) is 0 Å². The largest absolute Gasteiger partial charge is 0.449 e. The van der Waals surface area contributed by atoms with Crippen LogP contribution in [0, 0.1) is 6.92 Å². The first kappa shape index (κ1) is 22.9. The normalized spacial score (nSPS) is 14.5. The van der Waals surface area contributed by atoms with Gasteiger partial charge in [0.2, 0.25) is 0 Å². The van der Waals surface area contributed by atoms with E-state index < -0.39 is 12.1 Å². The predicted octanol–water partition coefficient (Wildman–Crippen LogP) is 4.67. The highest BCUT2D eigenvalue weighted by molar-refractivity contribution is 6.06. The molecule has 0 radical (unpaired) electrons. The zero-order chi connectivity index (χ0) is 23.5. The summed E-state index contributed by atoms with van der Waals surface area (Å²) in [5.74, 6) is -0.776. The summed E-state index contributed by atoms with van der Waals surface area (Å²) < 4.78 is 5.85. The number of nitrogens with zero attached hydrogens (tertiary/aromatic N) is 2. The predicted molar refractivity (Wildman–Crippen MR) is 130 cm³/mol. The molecule has 0 fully saturated rings. The van der Waals surface area contributed by atoms with Crippen LogP contribution in [0.5, 0.6) is 0 Å². The maximum atomic E-state index is 13.5. The average molecular weight is 446 g/mol. The Hall–Kier alpha value is -3.25. The second-order valence-electron chi connectivity index (χ2n) is 8.67. The number of aromatic nitrogens is 1. The number of rotatable bonds is 6. The molecule has 3 aromatic rings. The lowest BCUT2D eigenvalue weighted by molar-refractivity contribution is -0.124. The van der Waals surface area contributed by atoms with E-state index in [0.717, 1.165) is 58.4 Å². The number of anilines is 1. The number of pyridine rings is 1. The molecular weight excluding hydrogens is 414 g/mol. The molecule has 1 unspecified atom stereocenters. The van der Waals surface area contributed by atoms with Gasteiger partial charge in [0.05, 0.1) is 11.1 Å². The van der Waals surface area contributed by atoms with Crippen molar-refractivity contribution in [1.29, 1.82) is 0 Å². The summed E-state index contributed by atoms with van der Waals surface area (Å²) in [7, 11) is 2.03. The van der Waals surface area contributed by atoms with E-state index in [1.165, 1.54) is 0 Å². The van der Waals surface area contributed by atoms with E-state index in [9.17, 15) is 9.59 Å². The van der Waals surface area contributed by atoms with Gasteiger partial charge in [-0.05, 0) is 44.0 Å². The molecule has 33 heavy (non-hydrogen) atoms. The number of aryl methyl sites for hydroxylation is 2. The van der Waals surface area contributed by atoms with Crippen LogP contribution in [0.1, 0.15) is 53.0 Å². The minimum absolute atomic E-state index is 0.306. The molecule has 1 atom stereocenters. The molecule has 6 heteroatoms. The van der Waals surface area contributed by atoms with E-state index in [1.54, 1.807) is 0 Å². The Labute approximate surface area is 195 Å². The molecule has 4 rings (SSSR count). The number of amides is 1. The molecule has 172 valence electrons. The summed E-state index contributed by atoms with van der Waals surface area (Å²) in [6, 6.07) is 13.6. The maximum absolute atomic E-state index is 13.5. The van der Waals surface area contributed by atoms with Crippen LogP contribution in [-0.4, -0.2) is 41.5 Å². The maximum Gasteiger partial charge on any atom is 0.340 e. The summed E-state index contributed by atoms with van der Waals surface area (Å²) >= 11 is 0. The number of hydrogen-bond acceptors (Lipinski definition) is 5. The van der Waals surface area contributed by atoms with E-state index in [-0.39, 0.29) is 5.91 Å². The molecule has 1 amide bonds. The molecule has 2 aromatic carbocycles. The first-order valence-corrected chi connectivity index (χ1v) is 11.6. The number of para-hydroxylation sites is 2. The Morgan fingerprint density at radius 2 is 1.94 bits per heavy atom. The number of fused-ring (bicyclic) bond motifs is 2. The lowest BCUT2D eigenvalue weighted by Gasteiger charge is -2.27. The second kappa shape index (κ2) is 9.71. The van der Waals surface area contributed by atoms with Crippen molar-refractivity contribution in [3.05, 3.63) is 70.4 Å². The molecule has 6 nitrogen and oxygen atoms in total. The van der Waals surface area contributed by atoms with Crippen LogP contribution in [0.4, 0.5) is 5.69 Å². The van der Waals surface area contributed by atoms with Crippen molar-refractivity contribution < 1.29 is 14.3 Å². The zero-order valence-electron chi connectivity index (χ0n) is 19.8. The monoisotopic (exact) mass is 445 g/mol. The van der Waals surface area contributed by atoms with Gasteiger partial charge in [-0.15, -0.1) is 0 Å². The molecule has 0 saturated heterocycles. The first-order chi connectivity index (χ1) is 15.9. The summed E-state index contributed by atoms with van der Waals surface area (Å²) in [6.07, 6.45) is 1.08. The van der Waals surface area contributed by atoms with Crippen LogP contribution in [-0.2, 0) is 28.9 Å². The highest BCUT2D eigenvalue weighted by atomic mass is 16.5. The van der Waals surface area contributed by atoms with Gasteiger partial charge in [-0.1, -0.05) is 50.2 Å². The van der Waals surface area contributed by atoms with Crippen LogP contribution >= 0.6 is 0 Å². The Bertz CT molecular complexity index is 1200. The van der Waals surface area contributed by atoms with Crippen molar-refractivity contribution >= 4 is 28.5 Å². The topological polar surface area (TPSA) is 71.5 Å². The third-order valence-corrected chi connectivity index (χ3v) is 6.34.